The first-order chi connectivity index (χ1) is 7.16. The minimum absolute atomic E-state index is 0.301. The second kappa shape index (κ2) is 4.73. The van der Waals surface area contributed by atoms with Crippen molar-refractivity contribution in [3.63, 3.8) is 0 Å². The molecule has 1 aliphatic rings. The molecule has 0 radical (unpaired) electrons. The van der Waals surface area contributed by atoms with Crippen LogP contribution in [0.25, 0.3) is 0 Å². The van der Waals surface area contributed by atoms with E-state index in [1.807, 2.05) is 12.1 Å². The summed E-state index contributed by atoms with van der Waals surface area (Å²) < 4.78 is 0. The van der Waals surface area contributed by atoms with Gasteiger partial charge in [-0.05, 0) is 49.9 Å². The lowest BCUT2D eigenvalue weighted by Crippen LogP contribution is -2.21. The van der Waals surface area contributed by atoms with E-state index in [1.54, 1.807) is 6.07 Å². The van der Waals surface area contributed by atoms with E-state index in [0.29, 0.717) is 11.1 Å². The normalized spacial score (nSPS) is 17.8. The van der Waals surface area contributed by atoms with E-state index in [1.165, 1.54) is 12.8 Å². The smallest absolute Gasteiger partial charge is 0.0468 e. The lowest BCUT2D eigenvalue weighted by atomic mass is 10.1. The Balaban J connectivity index is 1.99. The standard InChI is InChI=1S/C12H15Cl2N/c1-8(15-7-9-2-3-9)11-5-4-10(13)6-12(11)14/h4-6,8-9,15H,2-3,7H2,1H3. The van der Waals surface area contributed by atoms with Gasteiger partial charge >= 0.3 is 0 Å². The molecule has 1 atom stereocenters. The maximum absolute atomic E-state index is 6.13. The zero-order valence-electron chi connectivity index (χ0n) is 8.76. The fraction of sp³-hybridized carbons (Fsp3) is 0.500. The topological polar surface area (TPSA) is 12.0 Å². The van der Waals surface area contributed by atoms with Gasteiger partial charge in [0.2, 0.25) is 0 Å². The summed E-state index contributed by atoms with van der Waals surface area (Å²) in [5.74, 6) is 0.888. The first kappa shape index (κ1) is 11.3. The lowest BCUT2D eigenvalue weighted by Gasteiger charge is -2.15. The van der Waals surface area contributed by atoms with Gasteiger partial charge in [0.15, 0.2) is 0 Å². The monoisotopic (exact) mass is 243 g/mol. The second-order valence-electron chi connectivity index (χ2n) is 4.24. The van der Waals surface area contributed by atoms with Crippen LogP contribution in [0.2, 0.25) is 10.0 Å². The van der Waals surface area contributed by atoms with Gasteiger partial charge in [-0.25, -0.2) is 0 Å². The Kier molecular flexibility index (Phi) is 3.55. The largest absolute Gasteiger partial charge is 0.310 e. The summed E-state index contributed by atoms with van der Waals surface area (Å²) in [5.41, 5.74) is 1.13. The summed E-state index contributed by atoms with van der Waals surface area (Å²) in [5, 5.41) is 4.93. The number of rotatable bonds is 4. The molecule has 0 bridgehead atoms. The third-order valence-corrected chi connectivity index (χ3v) is 3.40. The van der Waals surface area contributed by atoms with E-state index in [0.717, 1.165) is 23.0 Å². The van der Waals surface area contributed by atoms with Crippen LogP contribution < -0.4 is 5.32 Å². The first-order valence-corrected chi connectivity index (χ1v) is 6.10. The number of halogens is 2. The highest BCUT2D eigenvalue weighted by molar-refractivity contribution is 6.35. The molecular formula is C12H15Cl2N. The summed E-state index contributed by atoms with van der Waals surface area (Å²) >= 11 is 12.0. The van der Waals surface area contributed by atoms with Crippen LogP contribution in [0.3, 0.4) is 0 Å². The molecule has 1 N–H and O–H groups in total. The number of hydrogen-bond donors (Lipinski definition) is 1. The Hall–Kier alpha value is -0.240. The molecule has 2 rings (SSSR count). The van der Waals surface area contributed by atoms with Gasteiger partial charge in [-0.15, -0.1) is 0 Å². The van der Waals surface area contributed by atoms with E-state index < -0.39 is 0 Å². The minimum Gasteiger partial charge on any atom is -0.310 e. The maximum atomic E-state index is 6.13. The number of benzene rings is 1. The van der Waals surface area contributed by atoms with Crippen molar-refractivity contribution in [3.05, 3.63) is 33.8 Å². The molecule has 3 heteroatoms. The van der Waals surface area contributed by atoms with Crippen LogP contribution in [0, 0.1) is 5.92 Å². The van der Waals surface area contributed by atoms with Crippen molar-refractivity contribution >= 4 is 23.2 Å². The summed E-state index contributed by atoms with van der Waals surface area (Å²) in [6, 6.07) is 5.98. The van der Waals surface area contributed by atoms with Crippen molar-refractivity contribution in [2.75, 3.05) is 6.54 Å². The molecule has 0 saturated heterocycles. The second-order valence-corrected chi connectivity index (χ2v) is 5.08. The van der Waals surface area contributed by atoms with Crippen molar-refractivity contribution in [1.29, 1.82) is 0 Å². The molecule has 1 saturated carbocycles. The van der Waals surface area contributed by atoms with Gasteiger partial charge < -0.3 is 5.32 Å². The highest BCUT2D eigenvalue weighted by Gasteiger charge is 2.21. The first-order valence-electron chi connectivity index (χ1n) is 5.35. The summed E-state index contributed by atoms with van der Waals surface area (Å²) in [6.45, 7) is 3.23. The van der Waals surface area contributed by atoms with Gasteiger partial charge in [-0.2, -0.15) is 0 Å². The zero-order chi connectivity index (χ0) is 10.8. The lowest BCUT2D eigenvalue weighted by molar-refractivity contribution is 0.549. The van der Waals surface area contributed by atoms with E-state index in [9.17, 15) is 0 Å². The van der Waals surface area contributed by atoms with Crippen LogP contribution >= 0.6 is 23.2 Å². The van der Waals surface area contributed by atoms with Gasteiger partial charge in [0.1, 0.15) is 0 Å². The molecule has 1 aromatic rings. The van der Waals surface area contributed by atoms with Gasteiger partial charge in [-0.3, -0.25) is 0 Å². The molecule has 1 fully saturated rings. The molecule has 0 aliphatic heterocycles. The molecule has 1 aromatic carbocycles. The van der Waals surface area contributed by atoms with E-state index in [2.05, 4.69) is 12.2 Å². The van der Waals surface area contributed by atoms with Gasteiger partial charge in [0, 0.05) is 16.1 Å². The predicted molar refractivity (Wildman–Crippen MR) is 65.6 cm³/mol. The van der Waals surface area contributed by atoms with E-state index in [4.69, 9.17) is 23.2 Å². The number of nitrogens with one attached hydrogen (secondary N) is 1. The van der Waals surface area contributed by atoms with Crippen molar-refractivity contribution in [1.82, 2.24) is 5.32 Å². The molecule has 0 amide bonds. The third-order valence-electron chi connectivity index (χ3n) is 2.84. The Bertz CT molecular complexity index is 347. The predicted octanol–water partition coefficient (Wildman–Crippen LogP) is 4.05. The Morgan fingerprint density at radius 3 is 2.73 bits per heavy atom. The van der Waals surface area contributed by atoms with Gasteiger partial charge in [-0.1, -0.05) is 29.3 Å². The fourth-order valence-electron chi connectivity index (χ4n) is 1.63. The minimum atomic E-state index is 0.301. The molecule has 0 heterocycles. The molecule has 0 spiro atoms. The molecule has 15 heavy (non-hydrogen) atoms. The molecular weight excluding hydrogens is 229 g/mol. The van der Waals surface area contributed by atoms with Crippen LogP contribution in [0.5, 0.6) is 0 Å². The average Bonchev–Trinajstić information content (AvgIpc) is 2.97. The van der Waals surface area contributed by atoms with Crippen LogP contribution in [0.15, 0.2) is 18.2 Å². The Morgan fingerprint density at radius 2 is 2.13 bits per heavy atom. The van der Waals surface area contributed by atoms with Crippen molar-refractivity contribution < 1.29 is 0 Å². The maximum Gasteiger partial charge on any atom is 0.0468 e. The van der Waals surface area contributed by atoms with Crippen LogP contribution in [-0.2, 0) is 0 Å². The third kappa shape index (κ3) is 3.10. The van der Waals surface area contributed by atoms with Crippen LogP contribution in [-0.4, -0.2) is 6.54 Å². The summed E-state index contributed by atoms with van der Waals surface area (Å²) in [4.78, 5) is 0. The van der Waals surface area contributed by atoms with Crippen LogP contribution in [0.1, 0.15) is 31.4 Å². The Morgan fingerprint density at radius 1 is 1.40 bits per heavy atom. The molecule has 82 valence electrons. The van der Waals surface area contributed by atoms with Crippen molar-refractivity contribution in [2.24, 2.45) is 5.92 Å². The van der Waals surface area contributed by atoms with Gasteiger partial charge in [0.05, 0.1) is 0 Å². The SMILES string of the molecule is CC(NCC1CC1)c1ccc(Cl)cc1Cl. The van der Waals surface area contributed by atoms with Gasteiger partial charge in [0.25, 0.3) is 0 Å². The molecule has 1 unspecified atom stereocenters. The van der Waals surface area contributed by atoms with Crippen molar-refractivity contribution in [3.8, 4) is 0 Å². The van der Waals surface area contributed by atoms with Crippen LogP contribution in [0.4, 0.5) is 0 Å². The van der Waals surface area contributed by atoms with E-state index in [-0.39, 0.29) is 0 Å². The number of hydrogen-bond acceptors (Lipinski definition) is 1. The molecule has 1 aliphatic carbocycles. The molecule has 1 nitrogen and oxygen atoms in total. The van der Waals surface area contributed by atoms with Crippen molar-refractivity contribution in [2.45, 2.75) is 25.8 Å². The highest BCUT2D eigenvalue weighted by atomic mass is 35.5. The molecule has 0 aromatic heterocycles. The highest BCUT2D eigenvalue weighted by Crippen LogP contribution is 2.30. The summed E-state index contributed by atoms with van der Waals surface area (Å²) in [7, 11) is 0. The fourth-order valence-corrected chi connectivity index (χ4v) is 2.20. The average molecular weight is 244 g/mol. The Labute approximate surface area is 101 Å². The quantitative estimate of drug-likeness (QED) is 0.842. The zero-order valence-corrected chi connectivity index (χ0v) is 10.3. The summed E-state index contributed by atoms with van der Waals surface area (Å²) in [6.07, 6.45) is 2.74. The van der Waals surface area contributed by atoms with E-state index >= 15 is 0 Å².